The molecule has 1 aromatic carbocycles. The minimum atomic E-state index is -0.962. The molecule has 0 saturated heterocycles. The second-order valence-corrected chi connectivity index (χ2v) is 2.27. The maximum absolute atomic E-state index is 9.25. The lowest BCUT2D eigenvalue weighted by molar-refractivity contribution is 0.245. The molecule has 0 saturated carbocycles. The van der Waals surface area contributed by atoms with Gasteiger partial charge in [0.2, 0.25) is 0 Å². The van der Waals surface area contributed by atoms with Crippen molar-refractivity contribution >= 4 is 5.84 Å². The van der Waals surface area contributed by atoms with Crippen molar-refractivity contribution in [3.63, 3.8) is 0 Å². The fourth-order valence-electron chi connectivity index (χ4n) is 0.815. The van der Waals surface area contributed by atoms with Crippen LogP contribution in [0, 0.1) is 5.41 Å². The van der Waals surface area contributed by atoms with Crippen LogP contribution in [0.2, 0.25) is 0 Å². The molecular weight excluding hydrogens is 140 g/mol. The van der Waals surface area contributed by atoms with Crippen molar-refractivity contribution < 1.29 is 5.11 Å². The zero-order valence-electron chi connectivity index (χ0n) is 5.99. The van der Waals surface area contributed by atoms with Crippen molar-refractivity contribution in [1.82, 2.24) is 0 Å². The molecule has 3 heteroatoms. The van der Waals surface area contributed by atoms with Gasteiger partial charge in [0, 0.05) is 0 Å². The molecule has 0 bridgehead atoms. The van der Waals surface area contributed by atoms with Gasteiger partial charge >= 0.3 is 0 Å². The fourth-order valence-corrected chi connectivity index (χ4v) is 0.815. The SMILES string of the molecule is N=C(N)[C@H](O)c1ccccc1. The summed E-state index contributed by atoms with van der Waals surface area (Å²) in [5.41, 5.74) is 5.75. The van der Waals surface area contributed by atoms with Gasteiger partial charge in [0.25, 0.3) is 0 Å². The molecule has 58 valence electrons. The number of nitrogens with two attached hydrogens (primary N) is 1. The Balaban J connectivity index is 2.85. The first-order valence-electron chi connectivity index (χ1n) is 3.28. The Kier molecular flexibility index (Phi) is 2.23. The number of hydrogen-bond donors (Lipinski definition) is 3. The number of benzene rings is 1. The molecule has 0 fully saturated rings. The molecule has 0 aromatic heterocycles. The Morgan fingerprint density at radius 1 is 1.36 bits per heavy atom. The Bertz CT molecular complexity index is 246. The largest absolute Gasteiger partial charge is 0.385 e. The van der Waals surface area contributed by atoms with E-state index < -0.39 is 6.10 Å². The van der Waals surface area contributed by atoms with Crippen LogP contribution in [0.3, 0.4) is 0 Å². The summed E-state index contributed by atoms with van der Waals surface area (Å²) < 4.78 is 0. The van der Waals surface area contributed by atoms with Gasteiger partial charge in [-0.1, -0.05) is 30.3 Å². The quantitative estimate of drug-likeness (QED) is 0.428. The van der Waals surface area contributed by atoms with Gasteiger partial charge in [-0.2, -0.15) is 0 Å². The van der Waals surface area contributed by atoms with Gasteiger partial charge in [-0.25, -0.2) is 0 Å². The highest BCUT2D eigenvalue weighted by molar-refractivity contribution is 5.82. The van der Waals surface area contributed by atoms with E-state index in [1.165, 1.54) is 0 Å². The van der Waals surface area contributed by atoms with E-state index in [1.807, 2.05) is 6.07 Å². The lowest BCUT2D eigenvalue weighted by atomic mass is 10.1. The molecule has 0 aliphatic rings. The van der Waals surface area contributed by atoms with E-state index in [0.717, 1.165) is 0 Å². The Hall–Kier alpha value is -1.35. The van der Waals surface area contributed by atoms with Gasteiger partial charge in [0.1, 0.15) is 11.9 Å². The van der Waals surface area contributed by atoms with Crippen LogP contribution in [0.15, 0.2) is 30.3 Å². The zero-order valence-corrected chi connectivity index (χ0v) is 5.99. The lowest BCUT2D eigenvalue weighted by Crippen LogP contribution is -2.19. The van der Waals surface area contributed by atoms with Gasteiger partial charge in [-0.3, -0.25) is 5.41 Å². The molecule has 0 aliphatic heterocycles. The van der Waals surface area contributed by atoms with Gasteiger partial charge in [0.05, 0.1) is 0 Å². The summed E-state index contributed by atoms with van der Waals surface area (Å²) in [6, 6.07) is 8.89. The molecule has 0 radical (unpaired) electrons. The number of rotatable bonds is 2. The first-order chi connectivity index (χ1) is 5.22. The van der Waals surface area contributed by atoms with Gasteiger partial charge in [-0.05, 0) is 5.56 Å². The third kappa shape index (κ3) is 1.78. The van der Waals surface area contributed by atoms with Crippen molar-refractivity contribution in [3.05, 3.63) is 35.9 Å². The smallest absolute Gasteiger partial charge is 0.135 e. The highest BCUT2D eigenvalue weighted by Crippen LogP contribution is 2.10. The first-order valence-corrected chi connectivity index (χ1v) is 3.28. The van der Waals surface area contributed by atoms with Crippen molar-refractivity contribution in [2.45, 2.75) is 6.10 Å². The average Bonchev–Trinajstić information content (AvgIpc) is 2.05. The summed E-state index contributed by atoms with van der Waals surface area (Å²) in [6.45, 7) is 0. The van der Waals surface area contributed by atoms with Crippen LogP contribution in [0.1, 0.15) is 11.7 Å². The van der Waals surface area contributed by atoms with E-state index in [2.05, 4.69) is 0 Å². The Labute approximate surface area is 65.0 Å². The van der Waals surface area contributed by atoms with Crippen LogP contribution in [-0.2, 0) is 0 Å². The van der Waals surface area contributed by atoms with Crippen LogP contribution in [-0.4, -0.2) is 10.9 Å². The molecule has 1 atom stereocenters. The van der Waals surface area contributed by atoms with Crippen molar-refractivity contribution in [3.8, 4) is 0 Å². The molecule has 3 nitrogen and oxygen atoms in total. The molecule has 0 heterocycles. The second-order valence-electron chi connectivity index (χ2n) is 2.27. The van der Waals surface area contributed by atoms with E-state index in [0.29, 0.717) is 5.56 Å². The van der Waals surface area contributed by atoms with Crippen LogP contribution >= 0.6 is 0 Å². The fraction of sp³-hybridized carbons (Fsp3) is 0.125. The van der Waals surface area contributed by atoms with Crippen LogP contribution < -0.4 is 5.73 Å². The molecule has 0 amide bonds. The second kappa shape index (κ2) is 3.16. The summed E-state index contributed by atoms with van der Waals surface area (Å²) in [6.07, 6.45) is -0.962. The zero-order chi connectivity index (χ0) is 8.27. The number of aliphatic hydroxyl groups is 1. The summed E-state index contributed by atoms with van der Waals surface area (Å²) in [4.78, 5) is 0. The van der Waals surface area contributed by atoms with E-state index in [-0.39, 0.29) is 5.84 Å². The highest BCUT2D eigenvalue weighted by Gasteiger charge is 2.08. The van der Waals surface area contributed by atoms with Crippen molar-refractivity contribution in [2.24, 2.45) is 5.73 Å². The standard InChI is InChI=1S/C8H10N2O/c9-8(10)7(11)6-4-2-1-3-5-6/h1-5,7,11H,(H3,9,10)/t7-/m1/s1. The molecule has 0 spiro atoms. The molecule has 4 N–H and O–H groups in total. The molecule has 1 rings (SSSR count). The third-order valence-electron chi connectivity index (χ3n) is 1.41. The van der Waals surface area contributed by atoms with E-state index in [4.69, 9.17) is 11.1 Å². The highest BCUT2D eigenvalue weighted by atomic mass is 16.3. The Morgan fingerprint density at radius 2 is 1.91 bits per heavy atom. The minimum Gasteiger partial charge on any atom is -0.385 e. The summed E-state index contributed by atoms with van der Waals surface area (Å²) in [5.74, 6) is -0.226. The Morgan fingerprint density at radius 3 is 2.36 bits per heavy atom. The molecular formula is C8H10N2O. The minimum absolute atomic E-state index is 0.226. The van der Waals surface area contributed by atoms with E-state index >= 15 is 0 Å². The predicted octanol–water partition coefficient (Wildman–Crippen LogP) is 0.656. The molecule has 1 aromatic rings. The summed E-state index contributed by atoms with van der Waals surface area (Å²) in [7, 11) is 0. The van der Waals surface area contributed by atoms with Crippen LogP contribution in [0.25, 0.3) is 0 Å². The van der Waals surface area contributed by atoms with Gasteiger partial charge < -0.3 is 10.8 Å². The normalized spacial score (nSPS) is 12.5. The van der Waals surface area contributed by atoms with Gasteiger partial charge in [-0.15, -0.1) is 0 Å². The average molecular weight is 150 g/mol. The van der Waals surface area contributed by atoms with Crippen LogP contribution in [0.4, 0.5) is 0 Å². The van der Waals surface area contributed by atoms with E-state index in [9.17, 15) is 5.11 Å². The molecule has 0 aliphatic carbocycles. The van der Waals surface area contributed by atoms with Crippen LogP contribution in [0.5, 0.6) is 0 Å². The predicted molar refractivity (Wildman–Crippen MR) is 43.3 cm³/mol. The monoisotopic (exact) mass is 150 g/mol. The van der Waals surface area contributed by atoms with Crippen molar-refractivity contribution in [2.75, 3.05) is 0 Å². The summed E-state index contributed by atoms with van der Waals surface area (Å²) >= 11 is 0. The molecule has 11 heavy (non-hydrogen) atoms. The lowest BCUT2D eigenvalue weighted by Gasteiger charge is -2.07. The third-order valence-corrected chi connectivity index (χ3v) is 1.41. The van der Waals surface area contributed by atoms with E-state index in [1.54, 1.807) is 24.3 Å². The van der Waals surface area contributed by atoms with Gasteiger partial charge in [0.15, 0.2) is 0 Å². The number of aliphatic hydroxyl groups excluding tert-OH is 1. The number of amidine groups is 1. The maximum atomic E-state index is 9.25. The first kappa shape index (κ1) is 7.75. The number of nitrogens with one attached hydrogen (secondary N) is 1. The number of hydrogen-bond acceptors (Lipinski definition) is 2. The topological polar surface area (TPSA) is 70.1 Å². The van der Waals surface area contributed by atoms with Crippen molar-refractivity contribution in [1.29, 1.82) is 5.41 Å². The summed E-state index contributed by atoms with van der Waals surface area (Å²) in [5, 5.41) is 16.2. The molecule has 0 unspecified atom stereocenters. The maximum Gasteiger partial charge on any atom is 0.135 e.